The van der Waals surface area contributed by atoms with E-state index < -0.39 is 0 Å². The van der Waals surface area contributed by atoms with Gasteiger partial charge in [-0.25, -0.2) is 9.97 Å². The molecule has 8 rings (SSSR count). The Labute approximate surface area is 216 Å². The van der Waals surface area contributed by atoms with Crippen molar-refractivity contribution in [1.29, 1.82) is 0 Å². The molecule has 2 aliphatic heterocycles. The molecule has 3 saturated carbocycles. The van der Waals surface area contributed by atoms with Crippen LogP contribution in [0.25, 0.3) is 10.9 Å². The summed E-state index contributed by atoms with van der Waals surface area (Å²) >= 11 is 6.74. The van der Waals surface area contributed by atoms with Crippen molar-refractivity contribution in [3.8, 4) is 0 Å². The van der Waals surface area contributed by atoms with Crippen LogP contribution < -0.4 is 5.32 Å². The smallest absolute Gasteiger partial charge is 0.227 e. The molecule has 0 spiro atoms. The van der Waals surface area contributed by atoms with Crippen molar-refractivity contribution in [1.82, 2.24) is 24.6 Å². The van der Waals surface area contributed by atoms with Gasteiger partial charge in [-0.1, -0.05) is 11.6 Å². The van der Waals surface area contributed by atoms with Crippen LogP contribution >= 0.6 is 11.6 Å². The van der Waals surface area contributed by atoms with E-state index in [-0.39, 0.29) is 5.54 Å². The van der Waals surface area contributed by atoms with E-state index in [1.807, 2.05) is 18.5 Å². The van der Waals surface area contributed by atoms with Crippen molar-refractivity contribution in [2.75, 3.05) is 45.3 Å². The number of piperidine rings is 1. The predicted molar refractivity (Wildman–Crippen MR) is 139 cm³/mol. The van der Waals surface area contributed by atoms with Crippen LogP contribution in [0.15, 0.2) is 24.5 Å². The van der Waals surface area contributed by atoms with Crippen molar-refractivity contribution in [3.05, 3.63) is 40.8 Å². The molecule has 0 amide bonds. The van der Waals surface area contributed by atoms with E-state index in [0.717, 1.165) is 92.3 Å². The summed E-state index contributed by atoms with van der Waals surface area (Å²) in [6, 6.07) is 4.79. The van der Waals surface area contributed by atoms with E-state index in [0.29, 0.717) is 23.3 Å². The molecule has 5 aliphatic rings. The number of aromatic nitrogens is 4. The molecule has 0 radical (unpaired) electrons. The molecule has 1 N–H and O–H groups in total. The average Bonchev–Trinajstić information content (AvgIpc) is 3.14. The van der Waals surface area contributed by atoms with Gasteiger partial charge in [-0.15, -0.1) is 0 Å². The number of rotatable bonds is 7. The van der Waals surface area contributed by atoms with Crippen LogP contribution in [0.2, 0.25) is 5.02 Å². The van der Waals surface area contributed by atoms with Gasteiger partial charge in [0.05, 0.1) is 54.5 Å². The summed E-state index contributed by atoms with van der Waals surface area (Å²) in [6.07, 6.45) is 9.44. The molecular formula is C27H33ClN6O2. The Kier molecular flexibility index (Phi) is 5.33. The summed E-state index contributed by atoms with van der Waals surface area (Å²) in [5, 5.41) is 9.94. The molecule has 1 aromatic carbocycles. The van der Waals surface area contributed by atoms with Crippen LogP contribution in [-0.4, -0.2) is 70.7 Å². The molecule has 2 aromatic heterocycles. The van der Waals surface area contributed by atoms with Gasteiger partial charge < -0.3 is 14.8 Å². The first kappa shape index (κ1) is 22.9. The third-order valence-corrected chi connectivity index (χ3v) is 9.40. The van der Waals surface area contributed by atoms with Crippen LogP contribution in [0.1, 0.15) is 49.3 Å². The highest BCUT2D eigenvalue weighted by atomic mass is 35.5. The van der Waals surface area contributed by atoms with Gasteiger partial charge in [0.15, 0.2) is 0 Å². The molecule has 190 valence electrons. The number of anilines is 2. The Morgan fingerprint density at radius 3 is 2.64 bits per heavy atom. The Morgan fingerprint density at radius 2 is 1.94 bits per heavy atom. The van der Waals surface area contributed by atoms with Crippen molar-refractivity contribution in [2.24, 2.45) is 5.41 Å². The Bertz CT molecular complexity index is 1290. The number of ether oxygens (including phenoxy) is 2. The number of nitrogens with zero attached hydrogens (tertiary/aromatic N) is 5. The van der Waals surface area contributed by atoms with Gasteiger partial charge in [0.25, 0.3) is 0 Å². The number of hydrogen-bond acceptors (Lipinski definition) is 7. The molecule has 0 unspecified atom stereocenters. The number of nitrogens with one attached hydrogen (secondary N) is 1. The van der Waals surface area contributed by atoms with Crippen molar-refractivity contribution < 1.29 is 9.47 Å². The zero-order valence-electron chi connectivity index (χ0n) is 21.0. The molecule has 0 atom stereocenters. The zero-order valence-corrected chi connectivity index (χ0v) is 21.7. The summed E-state index contributed by atoms with van der Waals surface area (Å²) in [6.45, 7) is 6.93. The van der Waals surface area contributed by atoms with Gasteiger partial charge >= 0.3 is 0 Å². The lowest BCUT2D eigenvalue weighted by Crippen LogP contribution is -2.69. The molecule has 2 bridgehead atoms. The molecule has 2 saturated heterocycles. The highest BCUT2D eigenvalue weighted by Crippen LogP contribution is 2.71. The first-order chi connectivity index (χ1) is 17.5. The number of methoxy groups -OCH3 is 1. The zero-order chi connectivity index (χ0) is 24.5. The molecule has 3 aliphatic carbocycles. The molecule has 8 nitrogen and oxygen atoms in total. The maximum absolute atomic E-state index is 6.74. The van der Waals surface area contributed by atoms with Crippen LogP contribution in [0.5, 0.6) is 0 Å². The van der Waals surface area contributed by atoms with Crippen LogP contribution in [0.4, 0.5) is 11.6 Å². The lowest BCUT2D eigenvalue weighted by atomic mass is 9.39. The van der Waals surface area contributed by atoms with Gasteiger partial charge in [-0.3, -0.25) is 9.58 Å². The van der Waals surface area contributed by atoms with Crippen LogP contribution in [0.3, 0.4) is 0 Å². The molecule has 3 aromatic rings. The van der Waals surface area contributed by atoms with Gasteiger partial charge in [0, 0.05) is 29.1 Å². The third kappa shape index (κ3) is 3.56. The maximum Gasteiger partial charge on any atom is 0.227 e. The third-order valence-electron chi connectivity index (χ3n) is 9.07. The number of hydrogen-bond donors (Lipinski definition) is 1. The Balaban J connectivity index is 1.08. The van der Waals surface area contributed by atoms with E-state index in [2.05, 4.69) is 32.9 Å². The van der Waals surface area contributed by atoms with Gasteiger partial charge in [0.1, 0.15) is 0 Å². The first-order valence-corrected chi connectivity index (χ1v) is 13.4. The number of fused-ring (bicyclic) bond motifs is 1. The minimum atomic E-state index is 0.166. The largest absolute Gasteiger partial charge is 0.384 e. The average molecular weight is 509 g/mol. The standard InChI is InChI=1S/C27H33ClN6O2/c1-17-24(10-30-34(17)27-13-26(14-27,15-27)16-35-2)32-25-29-9-19-7-22(28)21(8-23(19)31-25)18-3-5-33(6-4-18)20-11-36-12-20/h7-10,18,20H,3-6,11-16H2,1-2H3,(H,29,31,32). The second kappa shape index (κ2) is 8.38. The summed E-state index contributed by atoms with van der Waals surface area (Å²) < 4.78 is 13.0. The lowest BCUT2D eigenvalue weighted by Gasteiger charge is -2.70. The Hall–Kier alpha value is -2.26. The number of benzene rings is 1. The second-order valence-electron chi connectivity index (χ2n) is 11.5. The number of halogens is 1. The summed E-state index contributed by atoms with van der Waals surface area (Å²) in [4.78, 5) is 12.0. The normalized spacial score (nSPS) is 28.5. The fraction of sp³-hybridized carbons (Fsp3) is 0.593. The van der Waals surface area contributed by atoms with Gasteiger partial charge in [-0.2, -0.15) is 5.10 Å². The summed E-state index contributed by atoms with van der Waals surface area (Å²) in [7, 11) is 1.79. The van der Waals surface area contributed by atoms with E-state index in [1.165, 1.54) is 5.56 Å². The fourth-order valence-electron chi connectivity index (χ4n) is 7.20. The summed E-state index contributed by atoms with van der Waals surface area (Å²) in [5.74, 6) is 1.05. The molecule has 36 heavy (non-hydrogen) atoms. The molecule has 4 heterocycles. The Morgan fingerprint density at radius 1 is 1.17 bits per heavy atom. The van der Waals surface area contributed by atoms with E-state index >= 15 is 0 Å². The van der Waals surface area contributed by atoms with Gasteiger partial charge in [-0.05, 0) is 75.7 Å². The van der Waals surface area contributed by atoms with E-state index in [4.69, 9.17) is 31.2 Å². The topological polar surface area (TPSA) is 77.3 Å². The number of likely N-dealkylation sites (tertiary alicyclic amines) is 1. The highest BCUT2D eigenvalue weighted by molar-refractivity contribution is 6.32. The van der Waals surface area contributed by atoms with Crippen LogP contribution in [0, 0.1) is 12.3 Å². The van der Waals surface area contributed by atoms with Gasteiger partial charge in [0.2, 0.25) is 5.95 Å². The maximum atomic E-state index is 6.74. The first-order valence-electron chi connectivity index (χ1n) is 13.1. The van der Waals surface area contributed by atoms with Crippen molar-refractivity contribution in [2.45, 2.75) is 56.5 Å². The van der Waals surface area contributed by atoms with Crippen molar-refractivity contribution in [3.63, 3.8) is 0 Å². The highest BCUT2D eigenvalue weighted by Gasteiger charge is 2.69. The fourth-order valence-corrected chi connectivity index (χ4v) is 7.53. The monoisotopic (exact) mass is 508 g/mol. The molecular weight excluding hydrogens is 476 g/mol. The molecule has 9 heteroatoms. The van der Waals surface area contributed by atoms with E-state index in [9.17, 15) is 0 Å². The quantitative estimate of drug-likeness (QED) is 0.498. The second-order valence-corrected chi connectivity index (χ2v) is 11.9. The minimum absolute atomic E-state index is 0.166. The van der Waals surface area contributed by atoms with Crippen molar-refractivity contribution >= 4 is 34.1 Å². The lowest BCUT2D eigenvalue weighted by molar-refractivity contribution is -0.218. The SMILES string of the molecule is COCC12CC(n3ncc(Nc4ncc5cc(Cl)c(C6CCN(C7COC7)CC6)cc5n4)c3C)(C1)C2. The van der Waals surface area contributed by atoms with E-state index in [1.54, 1.807) is 7.11 Å². The summed E-state index contributed by atoms with van der Waals surface area (Å²) in [5.41, 5.74) is 4.76. The molecule has 5 fully saturated rings. The predicted octanol–water partition coefficient (Wildman–Crippen LogP) is 4.64. The van der Waals surface area contributed by atoms with Crippen LogP contribution in [-0.2, 0) is 15.0 Å². The minimum Gasteiger partial charge on any atom is -0.384 e.